The fourth-order valence-corrected chi connectivity index (χ4v) is 3.97. The Bertz CT molecular complexity index is 650. The zero-order chi connectivity index (χ0) is 14.4. The van der Waals surface area contributed by atoms with Crippen molar-refractivity contribution in [3.63, 3.8) is 0 Å². The summed E-state index contributed by atoms with van der Waals surface area (Å²) in [6, 6.07) is 0. The number of hydrogen-bond acceptors (Lipinski definition) is 0. The Morgan fingerprint density at radius 1 is 1.05 bits per heavy atom. The lowest BCUT2D eigenvalue weighted by molar-refractivity contribution is 0.324. The lowest BCUT2D eigenvalue weighted by Gasteiger charge is -2.26. The summed E-state index contributed by atoms with van der Waals surface area (Å²) in [4.78, 5) is 0. The first-order valence-corrected chi connectivity index (χ1v) is 8.44. The topological polar surface area (TPSA) is 0 Å². The van der Waals surface area contributed by atoms with Gasteiger partial charge in [-0.15, -0.1) is 0 Å². The number of fused-ring (bicyclic) bond motifs is 1. The predicted octanol–water partition coefficient (Wildman–Crippen LogP) is 5.82. The molecule has 4 aliphatic carbocycles. The summed E-state index contributed by atoms with van der Waals surface area (Å²) in [5.41, 5.74) is 8.92. The van der Waals surface area contributed by atoms with E-state index in [0.29, 0.717) is 0 Å². The molecule has 4 rings (SSSR count). The Morgan fingerprint density at radius 3 is 2.62 bits per heavy atom. The Hall–Kier alpha value is -1.56. The van der Waals surface area contributed by atoms with Crippen LogP contribution in [0.15, 0.2) is 69.9 Å². The fourth-order valence-electron chi connectivity index (χ4n) is 3.97. The molecule has 0 unspecified atom stereocenters. The largest absolute Gasteiger partial charge is 0.0720 e. The van der Waals surface area contributed by atoms with Crippen molar-refractivity contribution < 1.29 is 0 Å². The van der Waals surface area contributed by atoms with Crippen molar-refractivity contribution >= 4 is 0 Å². The van der Waals surface area contributed by atoms with Crippen LogP contribution < -0.4 is 0 Å². The van der Waals surface area contributed by atoms with Gasteiger partial charge in [-0.05, 0) is 71.5 Å². The van der Waals surface area contributed by atoms with Crippen LogP contribution in [0.5, 0.6) is 0 Å². The molecule has 108 valence electrons. The molecule has 0 spiro atoms. The molecule has 0 N–H and O–H groups in total. The van der Waals surface area contributed by atoms with Crippen LogP contribution in [0.3, 0.4) is 0 Å². The molecule has 4 aliphatic rings. The predicted molar refractivity (Wildman–Crippen MR) is 89.9 cm³/mol. The molecular formula is C21H24. The molecular weight excluding hydrogens is 252 g/mol. The Labute approximate surface area is 128 Å². The van der Waals surface area contributed by atoms with E-state index >= 15 is 0 Å². The van der Waals surface area contributed by atoms with Gasteiger partial charge in [0.15, 0.2) is 0 Å². The maximum absolute atomic E-state index is 2.43. The molecule has 0 aromatic heterocycles. The molecule has 0 atom stereocenters. The highest BCUT2D eigenvalue weighted by molar-refractivity contribution is 5.73. The van der Waals surface area contributed by atoms with Gasteiger partial charge in [-0.3, -0.25) is 0 Å². The van der Waals surface area contributed by atoms with Crippen molar-refractivity contribution in [2.75, 3.05) is 0 Å². The van der Waals surface area contributed by atoms with Crippen LogP contribution in [0, 0.1) is 11.8 Å². The van der Waals surface area contributed by atoms with Gasteiger partial charge in [0.2, 0.25) is 0 Å². The molecule has 0 radical (unpaired) electrons. The summed E-state index contributed by atoms with van der Waals surface area (Å²) in [7, 11) is 0. The summed E-state index contributed by atoms with van der Waals surface area (Å²) in [6.07, 6.45) is 20.9. The van der Waals surface area contributed by atoms with Crippen LogP contribution in [-0.2, 0) is 0 Å². The van der Waals surface area contributed by atoms with Gasteiger partial charge in [0.1, 0.15) is 0 Å². The van der Waals surface area contributed by atoms with E-state index in [-0.39, 0.29) is 0 Å². The Kier molecular flexibility index (Phi) is 3.14. The second-order valence-corrected chi connectivity index (χ2v) is 7.16. The molecule has 1 fully saturated rings. The highest BCUT2D eigenvalue weighted by Crippen LogP contribution is 2.44. The summed E-state index contributed by atoms with van der Waals surface area (Å²) < 4.78 is 0. The van der Waals surface area contributed by atoms with Crippen LogP contribution in [-0.4, -0.2) is 0 Å². The van der Waals surface area contributed by atoms with E-state index in [1.807, 2.05) is 0 Å². The minimum absolute atomic E-state index is 0.809. The van der Waals surface area contributed by atoms with Gasteiger partial charge in [0.25, 0.3) is 0 Å². The average molecular weight is 276 g/mol. The third-order valence-electron chi connectivity index (χ3n) is 5.55. The zero-order valence-corrected chi connectivity index (χ0v) is 13.2. The van der Waals surface area contributed by atoms with E-state index < -0.39 is 0 Å². The van der Waals surface area contributed by atoms with E-state index in [4.69, 9.17) is 0 Å². The van der Waals surface area contributed by atoms with Crippen molar-refractivity contribution in [3.8, 4) is 0 Å². The van der Waals surface area contributed by atoms with E-state index in [1.54, 1.807) is 5.57 Å². The third-order valence-corrected chi connectivity index (χ3v) is 5.55. The van der Waals surface area contributed by atoms with Gasteiger partial charge in [0, 0.05) is 0 Å². The van der Waals surface area contributed by atoms with E-state index in [9.17, 15) is 0 Å². The molecule has 0 saturated heterocycles. The highest BCUT2D eigenvalue weighted by Gasteiger charge is 2.26. The standard InChI is InChI=1S/C21H24/c1-14-3-7-18(8-4-14)19-9-5-16(12-19)11-17-6-10-20-15(2)21(20)13-17/h5,9-14,18H,3-4,6-8H2,1-2H3/b16-11-. The van der Waals surface area contributed by atoms with Crippen molar-refractivity contribution in [3.05, 3.63) is 69.9 Å². The van der Waals surface area contributed by atoms with Gasteiger partial charge in [-0.2, -0.15) is 0 Å². The van der Waals surface area contributed by atoms with Gasteiger partial charge >= 0.3 is 0 Å². The zero-order valence-electron chi connectivity index (χ0n) is 13.2. The SMILES string of the molecule is CC1=C2C=C(/C=C3/C=CC(C4CCC(C)CC4)=C3)CC=C12. The van der Waals surface area contributed by atoms with E-state index in [0.717, 1.165) is 18.3 Å². The van der Waals surface area contributed by atoms with Gasteiger partial charge in [0.05, 0.1) is 0 Å². The van der Waals surface area contributed by atoms with Crippen LogP contribution >= 0.6 is 0 Å². The molecule has 0 heterocycles. The van der Waals surface area contributed by atoms with Gasteiger partial charge < -0.3 is 0 Å². The molecule has 0 aliphatic heterocycles. The molecule has 21 heavy (non-hydrogen) atoms. The van der Waals surface area contributed by atoms with Crippen molar-refractivity contribution in [1.82, 2.24) is 0 Å². The quantitative estimate of drug-likeness (QED) is 0.596. The van der Waals surface area contributed by atoms with E-state index in [1.165, 1.54) is 53.5 Å². The van der Waals surface area contributed by atoms with Crippen molar-refractivity contribution in [2.24, 2.45) is 11.8 Å². The number of allylic oxidation sites excluding steroid dienone is 12. The first-order chi connectivity index (χ1) is 10.2. The summed E-state index contributed by atoms with van der Waals surface area (Å²) in [5, 5.41) is 0. The normalized spacial score (nSPS) is 32.9. The van der Waals surface area contributed by atoms with Crippen LogP contribution in [0.1, 0.15) is 46.0 Å². The molecule has 1 saturated carbocycles. The maximum Gasteiger partial charge on any atom is -0.00877 e. The summed E-state index contributed by atoms with van der Waals surface area (Å²) in [5.74, 6) is 1.74. The molecule has 0 bridgehead atoms. The Morgan fingerprint density at radius 2 is 1.86 bits per heavy atom. The lowest BCUT2D eigenvalue weighted by atomic mass is 9.79. The molecule has 0 heteroatoms. The maximum atomic E-state index is 2.43. The van der Waals surface area contributed by atoms with Crippen LogP contribution in [0.2, 0.25) is 0 Å². The third kappa shape index (κ3) is 2.52. The lowest BCUT2D eigenvalue weighted by Crippen LogP contribution is -2.13. The summed E-state index contributed by atoms with van der Waals surface area (Å²) >= 11 is 0. The van der Waals surface area contributed by atoms with Gasteiger partial charge in [-0.25, -0.2) is 0 Å². The minimum atomic E-state index is 0.809. The molecule has 0 aromatic rings. The Balaban J connectivity index is 1.47. The second kappa shape index (κ2) is 5.02. The van der Waals surface area contributed by atoms with Crippen molar-refractivity contribution in [1.29, 1.82) is 0 Å². The van der Waals surface area contributed by atoms with E-state index in [2.05, 4.69) is 50.3 Å². The fraction of sp³-hybridized carbons (Fsp3) is 0.429. The molecule has 0 amide bonds. The highest BCUT2D eigenvalue weighted by atomic mass is 14.3. The smallest absolute Gasteiger partial charge is 0.00877 e. The van der Waals surface area contributed by atoms with Crippen LogP contribution in [0.4, 0.5) is 0 Å². The molecule has 0 nitrogen and oxygen atoms in total. The number of rotatable bonds is 2. The monoisotopic (exact) mass is 276 g/mol. The molecule has 0 aromatic carbocycles. The first kappa shape index (κ1) is 13.1. The minimum Gasteiger partial charge on any atom is -0.0720 e. The van der Waals surface area contributed by atoms with Crippen molar-refractivity contribution in [2.45, 2.75) is 46.0 Å². The first-order valence-electron chi connectivity index (χ1n) is 8.44. The second-order valence-electron chi connectivity index (χ2n) is 7.16. The average Bonchev–Trinajstić information content (AvgIpc) is 2.92. The van der Waals surface area contributed by atoms with Crippen LogP contribution in [0.25, 0.3) is 0 Å². The van der Waals surface area contributed by atoms with Gasteiger partial charge in [-0.1, -0.05) is 56.2 Å². The number of hydrogen-bond donors (Lipinski definition) is 0. The summed E-state index contributed by atoms with van der Waals surface area (Å²) in [6.45, 7) is 4.62.